The lowest BCUT2D eigenvalue weighted by Crippen LogP contribution is -2.08. The van der Waals surface area contributed by atoms with Crippen LogP contribution in [0, 0.1) is 0 Å². The van der Waals surface area contributed by atoms with Crippen molar-refractivity contribution in [2.24, 2.45) is 0 Å². The van der Waals surface area contributed by atoms with E-state index in [1.807, 2.05) is 45.3 Å². The molecule has 0 radical (unpaired) electrons. The third-order valence-corrected chi connectivity index (χ3v) is 14.7. The van der Waals surface area contributed by atoms with Crippen molar-refractivity contribution in [3.05, 3.63) is 90.1 Å². The van der Waals surface area contributed by atoms with Crippen molar-refractivity contribution in [2.45, 2.75) is 52.4 Å². The number of rotatable bonds is 4. The normalized spacial score (nSPS) is 12.0. The monoisotopic (exact) mass is 764 g/mol. The molecule has 208 valence electrons. The summed E-state index contributed by atoms with van der Waals surface area (Å²) < 4.78 is 2.40. The van der Waals surface area contributed by atoms with Gasteiger partial charge >= 0.3 is 0 Å². The van der Waals surface area contributed by atoms with E-state index in [1.54, 1.807) is 22.7 Å². The van der Waals surface area contributed by atoms with Crippen molar-refractivity contribution in [1.82, 2.24) is 0 Å². The van der Waals surface area contributed by atoms with E-state index >= 15 is 0 Å². The molecule has 0 unspecified atom stereocenters. The van der Waals surface area contributed by atoms with Gasteiger partial charge in [0.2, 0.25) is 0 Å². The van der Waals surface area contributed by atoms with Crippen molar-refractivity contribution in [3.8, 4) is 39.0 Å². The molecule has 0 aromatic carbocycles. The number of thiophene rings is 6. The fourth-order valence-electron chi connectivity index (χ4n) is 3.85. The largest absolute Gasteiger partial charge is 0.143 e. The van der Waals surface area contributed by atoms with Crippen LogP contribution in [0.15, 0.2) is 79.0 Å². The molecule has 6 heterocycles. The standard InChI is InChI=1S/C20H23BrS3.C12H7BrS3/c1-19(2,3)12-7-15(22-10-12)16-9-14(21)18(24-16)17-8-13(11-23-17)20(4,5)6;13-8-7-11(9-3-1-5-14-9)16-12(8)10-4-2-6-15-10/h7-11H,1-6H3;1-7H. The van der Waals surface area contributed by atoms with E-state index < -0.39 is 0 Å². The Hall–Kier alpha value is -0.840. The van der Waals surface area contributed by atoms with Crippen LogP contribution in [0.3, 0.4) is 0 Å². The molecule has 0 bridgehead atoms. The van der Waals surface area contributed by atoms with Gasteiger partial charge in [0.1, 0.15) is 0 Å². The zero-order valence-electron chi connectivity index (χ0n) is 23.1. The highest BCUT2D eigenvalue weighted by molar-refractivity contribution is 9.11. The van der Waals surface area contributed by atoms with E-state index in [2.05, 4.69) is 143 Å². The first-order chi connectivity index (χ1) is 18.9. The van der Waals surface area contributed by atoms with Crippen LogP contribution in [0.4, 0.5) is 0 Å². The van der Waals surface area contributed by atoms with Crippen LogP contribution in [0.2, 0.25) is 0 Å². The van der Waals surface area contributed by atoms with Crippen LogP contribution in [0.1, 0.15) is 52.7 Å². The zero-order valence-corrected chi connectivity index (χ0v) is 31.2. The predicted octanol–water partition coefficient (Wildman–Crippen LogP) is 14.5. The smallest absolute Gasteiger partial charge is 0.0591 e. The molecule has 0 aliphatic heterocycles. The summed E-state index contributed by atoms with van der Waals surface area (Å²) in [6.07, 6.45) is 0. The van der Waals surface area contributed by atoms with Crippen molar-refractivity contribution in [3.63, 3.8) is 0 Å². The lowest BCUT2D eigenvalue weighted by molar-refractivity contribution is 0.592. The van der Waals surface area contributed by atoms with Gasteiger partial charge in [-0.2, -0.15) is 0 Å². The van der Waals surface area contributed by atoms with Crippen LogP contribution >= 0.6 is 99.9 Å². The average molecular weight is 767 g/mol. The maximum atomic E-state index is 3.78. The van der Waals surface area contributed by atoms with Gasteiger partial charge in [-0.05, 0) is 112 Å². The fraction of sp³-hybridized carbons (Fsp3) is 0.250. The summed E-state index contributed by atoms with van der Waals surface area (Å²) in [4.78, 5) is 10.8. The minimum absolute atomic E-state index is 0.205. The highest BCUT2D eigenvalue weighted by Gasteiger charge is 2.20. The van der Waals surface area contributed by atoms with Crippen LogP contribution < -0.4 is 0 Å². The maximum Gasteiger partial charge on any atom is 0.0591 e. The molecule has 6 rings (SSSR count). The summed E-state index contributed by atoms with van der Waals surface area (Å²) in [5.41, 5.74) is 3.24. The summed E-state index contributed by atoms with van der Waals surface area (Å²) in [7, 11) is 0. The van der Waals surface area contributed by atoms with Crippen LogP contribution in [-0.4, -0.2) is 0 Å². The van der Waals surface area contributed by atoms with Crippen LogP contribution in [-0.2, 0) is 10.8 Å². The van der Waals surface area contributed by atoms with Gasteiger partial charge in [0.15, 0.2) is 0 Å². The Morgan fingerprint density at radius 3 is 1.43 bits per heavy atom. The third kappa shape index (κ3) is 7.03. The Balaban J connectivity index is 0.000000174. The topological polar surface area (TPSA) is 0 Å². The highest BCUT2D eigenvalue weighted by atomic mass is 79.9. The van der Waals surface area contributed by atoms with E-state index in [4.69, 9.17) is 0 Å². The second kappa shape index (κ2) is 12.4. The van der Waals surface area contributed by atoms with E-state index in [-0.39, 0.29) is 10.8 Å². The maximum absolute atomic E-state index is 3.78. The lowest BCUT2D eigenvalue weighted by atomic mass is 9.89. The van der Waals surface area contributed by atoms with Gasteiger partial charge in [-0.25, -0.2) is 0 Å². The summed E-state index contributed by atoms with van der Waals surface area (Å²) in [6.45, 7) is 13.6. The Labute approximate surface area is 278 Å². The molecule has 0 nitrogen and oxygen atoms in total. The van der Waals surface area contributed by atoms with Gasteiger partial charge in [-0.15, -0.1) is 68.0 Å². The molecule has 0 fully saturated rings. The molecule has 0 atom stereocenters. The summed E-state index contributed by atoms with van der Waals surface area (Å²) in [5.74, 6) is 0. The Bertz CT molecular complexity index is 1680. The molecule has 0 amide bonds. The number of halogens is 2. The van der Waals surface area contributed by atoms with Crippen LogP contribution in [0.5, 0.6) is 0 Å². The quantitative estimate of drug-likeness (QED) is 0.168. The SMILES string of the molecule is Brc1cc(-c2cccs2)sc1-c1cccs1.CC(C)(C)c1csc(-c2cc(Br)c(-c3cc(C(C)(C)C)cs3)s2)c1. The van der Waals surface area contributed by atoms with Crippen LogP contribution in [0.25, 0.3) is 39.0 Å². The third-order valence-electron chi connectivity index (χ3n) is 6.28. The molecule has 6 aromatic rings. The minimum Gasteiger partial charge on any atom is -0.143 e. The van der Waals surface area contributed by atoms with Gasteiger partial charge in [-0.3, -0.25) is 0 Å². The highest BCUT2D eigenvalue weighted by Crippen LogP contribution is 2.47. The lowest BCUT2D eigenvalue weighted by Gasteiger charge is -2.15. The van der Waals surface area contributed by atoms with Gasteiger partial charge in [-0.1, -0.05) is 53.7 Å². The molecule has 0 aliphatic carbocycles. The molecule has 8 heteroatoms. The molecule has 0 aliphatic rings. The molecule has 0 N–H and O–H groups in total. The first kappa shape index (κ1) is 30.6. The minimum atomic E-state index is 0.205. The first-order valence-corrected chi connectivity index (χ1v) is 19.5. The number of hydrogen-bond donors (Lipinski definition) is 0. The molecule has 0 saturated carbocycles. The van der Waals surface area contributed by atoms with Gasteiger partial charge < -0.3 is 0 Å². The summed E-state index contributed by atoms with van der Waals surface area (Å²) in [6, 6.07) is 17.7. The molecule has 0 saturated heterocycles. The van der Waals surface area contributed by atoms with Gasteiger partial charge in [0.05, 0.1) is 9.75 Å². The second-order valence-electron chi connectivity index (χ2n) is 11.4. The van der Waals surface area contributed by atoms with Gasteiger partial charge in [0.25, 0.3) is 0 Å². The van der Waals surface area contributed by atoms with Crippen molar-refractivity contribution < 1.29 is 0 Å². The molecular weight excluding hydrogens is 737 g/mol. The zero-order chi connectivity index (χ0) is 28.7. The Morgan fingerprint density at radius 2 is 0.950 bits per heavy atom. The Morgan fingerprint density at radius 1 is 0.500 bits per heavy atom. The fourth-order valence-corrected chi connectivity index (χ4v) is 12.1. The number of hydrogen-bond acceptors (Lipinski definition) is 6. The summed E-state index contributed by atoms with van der Waals surface area (Å²) >= 11 is 18.4. The molecular formula is C32H30Br2S6. The van der Waals surface area contributed by atoms with E-state index in [9.17, 15) is 0 Å². The van der Waals surface area contributed by atoms with E-state index in [0.29, 0.717) is 0 Å². The van der Waals surface area contributed by atoms with Crippen molar-refractivity contribution >= 4 is 99.9 Å². The first-order valence-electron chi connectivity index (χ1n) is 12.8. The molecule has 40 heavy (non-hydrogen) atoms. The molecule has 6 aromatic heterocycles. The Kier molecular flexibility index (Phi) is 9.50. The van der Waals surface area contributed by atoms with E-state index in [0.717, 1.165) is 0 Å². The van der Waals surface area contributed by atoms with Crippen molar-refractivity contribution in [1.29, 1.82) is 0 Å². The average Bonchev–Trinajstić information content (AvgIpc) is 3.69. The summed E-state index contributed by atoms with van der Waals surface area (Å²) in [5, 5.41) is 8.83. The van der Waals surface area contributed by atoms with E-state index in [1.165, 1.54) is 59.1 Å². The predicted molar refractivity (Wildman–Crippen MR) is 195 cm³/mol. The van der Waals surface area contributed by atoms with Crippen molar-refractivity contribution in [2.75, 3.05) is 0 Å². The molecule has 0 spiro atoms. The second-order valence-corrected chi connectivity index (χ2v) is 19.0. The van der Waals surface area contributed by atoms with Gasteiger partial charge in [0, 0.05) is 38.2 Å².